The molecule has 25 heavy (non-hydrogen) atoms. The summed E-state index contributed by atoms with van der Waals surface area (Å²) in [6.07, 6.45) is -11.5. The molecule has 1 aromatic carbocycles. The van der Waals surface area contributed by atoms with E-state index in [1.54, 1.807) is 0 Å². The van der Waals surface area contributed by atoms with Crippen LogP contribution in [0.1, 0.15) is 5.56 Å². The molecule has 135 valence electrons. The van der Waals surface area contributed by atoms with Crippen molar-refractivity contribution in [2.45, 2.75) is 18.0 Å². The van der Waals surface area contributed by atoms with Crippen LogP contribution in [0.4, 0.5) is 30.7 Å². The van der Waals surface area contributed by atoms with Crippen LogP contribution in [-0.2, 0) is 5.67 Å². The Kier molecular flexibility index (Phi) is 5.85. The molecule has 0 aliphatic heterocycles. The van der Waals surface area contributed by atoms with E-state index in [2.05, 4.69) is 11.1 Å². The first-order chi connectivity index (χ1) is 11.3. The van der Waals surface area contributed by atoms with Crippen molar-refractivity contribution >= 4 is 56.8 Å². The quantitative estimate of drug-likeness (QED) is 0.210. The summed E-state index contributed by atoms with van der Waals surface area (Å²) >= 11 is 8.55. The summed E-state index contributed by atoms with van der Waals surface area (Å²) in [4.78, 5) is 3.63. The second-order valence-corrected chi connectivity index (χ2v) is 7.37. The SMILES string of the molecule is FC(F)(F)C(F)(c1cc(I)[c]c(I)c1-c1ccc(Cl)nc1)C(F)(F)F. The van der Waals surface area contributed by atoms with Gasteiger partial charge in [0, 0.05) is 36.1 Å². The topological polar surface area (TPSA) is 12.9 Å². The number of nitrogens with zero attached hydrogens (tertiary/aromatic N) is 1. The van der Waals surface area contributed by atoms with Crippen molar-refractivity contribution in [2.75, 3.05) is 0 Å². The van der Waals surface area contributed by atoms with Crippen molar-refractivity contribution in [3.05, 3.63) is 48.3 Å². The Morgan fingerprint density at radius 1 is 0.960 bits per heavy atom. The van der Waals surface area contributed by atoms with E-state index in [9.17, 15) is 30.7 Å². The zero-order valence-electron chi connectivity index (χ0n) is 11.5. The summed E-state index contributed by atoms with van der Waals surface area (Å²) < 4.78 is 93.4. The summed E-state index contributed by atoms with van der Waals surface area (Å²) in [5.41, 5.74) is -7.86. The minimum atomic E-state index is -6.21. The highest BCUT2D eigenvalue weighted by atomic mass is 127. The zero-order chi connectivity index (χ0) is 19.2. The smallest absolute Gasteiger partial charge is 0.244 e. The van der Waals surface area contributed by atoms with Gasteiger partial charge in [-0.2, -0.15) is 26.3 Å². The minimum absolute atomic E-state index is 0.0204. The molecule has 1 nitrogen and oxygen atoms in total. The van der Waals surface area contributed by atoms with Crippen molar-refractivity contribution < 1.29 is 30.7 Å². The molecule has 0 amide bonds. The van der Waals surface area contributed by atoms with Gasteiger partial charge in [-0.3, -0.25) is 0 Å². The third-order valence-electron chi connectivity index (χ3n) is 3.16. The number of rotatable bonds is 2. The van der Waals surface area contributed by atoms with E-state index < -0.39 is 29.1 Å². The Labute approximate surface area is 169 Å². The molecule has 0 spiro atoms. The standard InChI is InChI=1S/C14H4ClF7I2N/c15-10-2-1-6(5-25-10)11-8(3-7(23)4-9(11)24)12(16,13(17,18)19)14(20,21)22/h1-3,5H. The highest BCUT2D eigenvalue weighted by Gasteiger charge is 2.74. The van der Waals surface area contributed by atoms with Gasteiger partial charge in [0.2, 0.25) is 0 Å². The molecule has 1 aromatic heterocycles. The largest absolute Gasteiger partial charge is 0.435 e. The van der Waals surface area contributed by atoms with Crippen LogP contribution in [0.25, 0.3) is 11.1 Å². The lowest BCUT2D eigenvalue weighted by Gasteiger charge is -2.32. The van der Waals surface area contributed by atoms with Crippen LogP contribution in [-0.4, -0.2) is 17.3 Å². The van der Waals surface area contributed by atoms with Gasteiger partial charge in [-0.25, -0.2) is 9.37 Å². The van der Waals surface area contributed by atoms with E-state index in [4.69, 9.17) is 11.6 Å². The summed E-state index contributed by atoms with van der Waals surface area (Å²) in [5.74, 6) is 0. The number of benzene rings is 1. The molecule has 0 saturated heterocycles. The van der Waals surface area contributed by atoms with E-state index in [-0.39, 0.29) is 17.9 Å². The van der Waals surface area contributed by atoms with E-state index in [1.165, 1.54) is 51.2 Å². The van der Waals surface area contributed by atoms with Crippen molar-refractivity contribution in [2.24, 2.45) is 0 Å². The van der Waals surface area contributed by atoms with Gasteiger partial charge in [0.25, 0.3) is 0 Å². The Bertz CT molecular complexity index is 773. The number of hydrogen-bond donors (Lipinski definition) is 0. The van der Waals surface area contributed by atoms with Crippen LogP contribution in [0.15, 0.2) is 24.4 Å². The zero-order valence-corrected chi connectivity index (χ0v) is 16.6. The van der Waals surface area contributed by atoms with Gasteiger partial charge >= 0.3 is 18.0 Å². The number of pyridine rings is 1. The van der Waals surface area contributed by atoms with Gasteiger partial charge < -0.3 is 0 Å². The van der Waals surface area contributed by atoms with E-state index in [0.29, 0.717) is 6.07 Å². The highest BCUT2D eigenvalue weighted by Crippen LogP contribution is 2.56. The third kappa shape index (κ3) is 3.84. The second-order valence-electron chi connectivity index (χ2n) is 4.74. The minimum Gasteiger partial charge on any atom is -0.244 e. The average Bonchev–Trinajstić information content (AvgIpc) is 2.44. The molecular weight excluding hydrogens is 604 g/mol. The molecule has 0 bridgehead atoms. The molecule has 0 N–H and O–H groups in total. The number of alkyl halides is 7. The lowest BCUT2D eigenvalue weighted by Crippen LogP contribution is -2.50. The molecule has 1 heterocycles. The Morgan fingerprint density at radius 2 is 1.52 bits per heavy atom. The van der Waals surface area contributed by atoms with Crippen LogP contribution in [0.5, 0.6) is 0 Å². The van der Waals surface area contributed by atoms with E-state index >= 15 is 0 Å². The molecule has 0 aliphatic carbocycles. The lowest BCUT2D eigenvalue weighted by atomic mass is 9.87. The molecule has 2 rings (SSSR count). The Hall–Kier alpha value is -0.370. The fourth-order valence-electron chi connectivity index (χ4n) is 2.06. The molecule has 0 aliphatic rings. The maximum atomic E-state index is 14.6. The molecule has 2 aromatic rings. The molecule has 0 atom stereocenters. The van der Waals surface area contributed by atoms with Crippen molar-refractivity contribution in [1.29, 1.82) is 0 Å². The van der Waals surface area contributed by atoms with Gasteiger partial charge in [-0.15, -0.1) is 0 Å². The van der Waals surface area contributed by atoms with Crippen LogP contribution < -0.4 is 0 Å². The number of aromatic nitrogens is 1. The first-order valence-corrected chi connectivity index (χ1v) is 8.68. The van der Waals surface area contributed by atoms with Crippen LogP contribution in [0.3, 0.4) is 0 Å². The van der Waals surface area contributed by atoms with Crippen LogP contribution in [0.2, 0.25) is 5.15 Å². The first kappa shape index (κ1) is 20.9. The average molecular weight is 608 g/mol. The summed E-state index contributed by atoms with van der Waals surface area (Å²) in [6.45, 7) is 0. The predicted octanol–water partition coefficient (Wildman–Crippen LogP) is 6.70. The Morgan fingerprint density at radius 3 is 1.96 bits per heavy atom. The maximum Gasteiger partial charge on any atom is 0.435 e. The lowest BCUT2D eigenvalue weighted by molar-refractivity contribution is -0.348. The summed E-state index contributed by atoms with van der Waals surface area (Å²) in [6, 6.07) is 5.39. The van der Waals surface area contributed by atoms with E-state index in [0.717, 1.165) is 12.3 Å². The second kappa shape index (κ2) is 6.98. The molecule has 0 saturated carbocycles. The monoisotopic (exact) mass is 608 g/mol. The highest BCUT2D eigenvalue weighted by molar-refractivity contribution is 14.1. The predicted molar refractivity (Wildman–Crippen MR) is 93.8 cm³/mol. The maximum absolute atomic E-state index is 14.6. The number of hydrogen-bond acceptors (Lipinski definition) is 1. The van der Waals surface area contributed by atoms with Crippen molar-refractivity contribution in [3.8, 4) is 11.1 Å². The summed E-state index contributed by atoms with van der Waals surface area (Å²) in [5, 5.41) is -0.0204. The fraction of sp³-hybridized carbons (Fsp3) is 0.214. The molecule has 1 radical (unpaired) electrons. The van der Waals surface area contributed by atoms with Crippen LogP contribution >= 0.6 is 56.8 Å². The molecule has 0 fully saturated rings. The third-order valence-corrected chi connectivity index (χ3v) is 4.77. The van der Waals surface area contributed by atoms with Gasteiger partial charge in [0.15, 0.2) is 0 Å². The number of halogens is 10. The normalized spacial score (nSPS) is 13.2. The fourth-order valence-corrected chi connectivity index (χ4v) is 4.17. The molecular formula is C14H4ClF7I2N. The molecule has 0 unspecified atom stereocenters. The van der Waals surface area contributed by atoms with Crippen molar-refractivity contribution in [3.63, 3.8) is 0 Å². The first-order valence-electron chi connectivity index (χ1n) is 6.15. The summed E-state index contributed by atoms with van der Waals surface area (Å²) in [7, 11) is 0. The Balaban J connectivity index is 2.91. The van der Waals surface area contributed by atoms with Gasteiger partial charge in [0.05, 0.1) is 0 Å². The molecule has 11 heteroatoms. The van der Waals surface area contributed by atoms with E-state index in [1.807, 2.05) is 0 Å². The van der Waals surface area contributed by atoms with Crippen molar-refractivity contribution in [1.82, 2.24) is 4.98 Å². The van der Waals surface area contributed by atoms with Gasteiger partial charge in [-0.1, -0.05) is 11.6 Å². The van der Waals surface area contributed by atoms with Gasteiger partial charge in [-0.05, 0) is 63.4 Å². The van der Waals surface area contributed by atoms with Crippen LogP contribution in [0, 0.1) is 13.2 Å². The van der Waals surface area contributed by atoms with Gasteiger partial charge in [0.1, 0.15) is 5.15 Å².